The molecule has 2 nitrogen and oxygen atoms in total. The van der Waals surface area contributed by atoms with Gasteiger partial charge in [0.1, 0.15) is 0 Å². The summed E-state index contributed by atoms with van der Waals surface area (Å²) in [7, 11) is 6.64. The van der Waals surface area contributed by atoms with Crippen LogP contribution in [0.1, 0.15) is 38.2 Å². The fourth-order valence-corrected chi connectivity index (χ4v) is 4.01. The van der Waals surface area contributed by atoms with Gasteiger partial charge in [0.05, 0.1) is 0 Å². The highest BCUT2D eigenvalue weighted by Gasteiger charge is 2.42. The first kappa shape index (κ1) is 15.5. The Hall–Kier alpha value is -0.860. The van der Waals surface area contributed by atoms with E-state index in [1.807, 2.05) is 0 Å². The zero-order valence-electron chi connectivity index (χ0n) is 13.5. The molecule has 1 N–H and O–H groups in total. The molecule has 2 heteroatoms. The van der Waals surface area contributed by atoms with Gasteiger partial charge in [0.15, 0.2) is 0 Å². The second-order valence-electron chi connectivity index (χ2n) is 6.73. The number of hydrogen-bond acceptors (Lipinski definition) is 2. The summed E-state index contributed by atoms with van der Waals surface area (Å²) in [5, 5.41) is 3.62. The number of rotatable bonds is 5. The average molecular weight is 274 g/mol. The van der Waals surface area contributed by atoms with Gasteiger partial charge in [-0.3, -0.25) is 0 Å². The topological polar surface area (TPSA) is 15.3 Å². The molecule has 3 atom stereocenters. The first-order valence-corrected chi connectivity index (χ1v) is 7.97. The lowest BCUT2D eigenvalue weighted by atomic mass is 9.70. The number of nitrogens with zero attached hydrogens (tertiary/aromatic N) is 1. The van der Waals surface area contributed by atoms with Crippen LogP contribution in [-0.4, -0.2) is 37.6 Å². The summed E-state index contributed by atoms with van der Waals surface area (Å²) in [5.74, 6) is 0.831. The third kappa shape index (κ3) is 3.24. The molecule has 0 aliphatic heterocycles. The van der Waals surface area contributed by atoms with Crippen molar-refractivity contribution in [1.82, 2.24) is 10.2 Å². The molecule has 3 unspecified atom stereocenters. The average Bonchev–Trinajstić information content (AvgIpc) is 2.45. The summed E-state index contributed by atoms with van der Waals surface area (Å²) in [4.78, 5) is 2.48. The SMILES string of the molecule is CNC(Cc1ccccc1)C1(N(C)C)CCCC(C)C1. The number of nitrogens with one attached hydrogen (secondary N) is 1. The van der Waals surface area contributed by atoms with E-state index in [0.29, 0.717) is 11.6 Å². The van der Waals surface area contributed by atoms with Gasteiger partial charge in [0.2, 0.25) is 0 Å². The molecule has 1 aromatic carbocycles. The molecule has 1 aliphatic carbocycles. The van der Waals surface area contributed by atoms with Gasteiger partial charge in [-0.2, -0.15) is 0 Å². The molecule has 0 heterocycles. The number of hydrogen-bond donors (Lipinski definition) is 1. The third-order valence-corrected chi connectivity index (χ3v) is 5.18. The molecular weight excluding hydrogens is 244 g/mol. The van der Waals surface area contributed by atoms with Crippen molar-refractivity contribution in [2.45, 2.75) is 50.6 Å². The summed E-state index contributed by atoms with van der Waals surface area (Å²) in [6.07, 6.45) is 6.47. The van der Waals surface area contributed by atoms with E-state index in [4.69, 9.17) is 0 Å². The van der Waals surface area contributed by atoms with Gasteiger partial charge < -0.3 is 10.2 Å². The van der Waals surface area contributed by atoms with Gasteiger partial charge in [0, 0.05) is 11.6 Å². The van der Waals surface area contributed by atoms with Gasteiger partial charge in [-0.1, -0.05) is 50.1 Å². The molecule has 1 fully saturated rings. The maximum Gasteiger partial charge on any atom is 0.0362 e. The van der Waals surface area contributed by atoms with E-state index >= 15 is 0 Å². The van der Waals surface area contributed by atoms with Gasteiger partial charge in [-0.05, 0) is 51.9 Å². The Balaban J connectivity index is 2.21. The largest absolute Gasteiger partial charge is 0.315 e. The Labute approximate surface area is 124 Å². The van der Waals surface area contributed by atoms with Crippen molar-refractivity contribution in [3.63, 3.8) is 0 Å². The quantitative estimate of drug-likeness (QED) is 0.886. The number of benzene rings is 1. The van der Waals surface area contributed by atoms with Crippen LogP contribution < -0.4 is 5.32 Å². The van der Waals surface area contributed by atoms with Crippen molar-refractivity contribution in [3.05, 3.63) is 35.9 Å². The molecule has 0 radical (unpaired) electrons. The van der Waals surface area contributed by atoms with E-state index in [-0.39, 0.29) is 0 Å². The lowest BCUT2D eigenvalue weighted by molar-refractivity contribution is 0.0399. The van der Waals surface area contributed by atoms with Crippen molar-refractivity contribution >= 4 is 0 Å². The molecule has 1 aromatic rings. The van der Waals surface area contributed by atoms with Crippen LogP contribution in [0.25, 0.3) is 0 Å². The van der Waals surface area contributed by atoms with Gasteiger partial charge in [-0.15, -0.1) is 0 Å². The fourth-order valence-electron chi connectivity index (χ4n) is 4.01. The molecule has 20 heavy (non-hydrogen) atoms. The van der Waals surface area contributed by atoms with Crippen molar-refractivity contribution in [2.24, 2.45) is 5.92 Å². The minimum Gasteiger partial charge on any atom is -0.315 e. The van der Waals surface area contributed by atoms with Gasteiger partial charge in [-0.25, -0.2) is 0 Å². The maximum atomic E-state index is 3.62. The number of likely N-dealkylation sites (N-methyl/N-ethyl adjacent to an activating group) is 2. The van der Waals surface area contributed by atoms with Crippen LogP contribution in [0.4, 0.5) is 0 Å². The van der Waals surface area contributed by atoms with Crippen molar-refractivity contribution in [1.29, 1.82) is 0 Å². The van der Waals surface area contributed by atoms with Gasteiger partial charge in [0.25, 0.3) is 0 Å². The zero-order chi connectivity index (χ0) is 14.6. The van der Waals surface area contributed by atoms with E-state index in [0.717, 1.165) is 12.3 Å². The minimum atomic E-state index is 0.294. The fraction of sp³-hybridized carbons (Fsp3) is 0.667. The molecule has 112 valence electrons. The molecule has 2 rings (SSSR count). The smallest absolute Gasteiger partial charge is 0.0362 e. The lowest BCUT2D eigenvalue weighted by Crippen LogP contribution is -2.61. The highest BCUT2D eigenvalue weighted by atomic mass is 15.2. The minimum absolute atomic E-state index is 0.294. The van der Waals surface area contributed by atoms with Crippen molar-refractivity contribution < 1.29 is 0 Å². The Morgan fingerprint density at radius 2 is 2.00 bits per heavy atom. The molecule has 0 saturated heterocycles. The summed E-state index contributed by atoms with van der Waals surface area (Å²) in [5.41, 5.74) is 1.73. The summed E-state index contributed by atoms with van der Waals surface area (Å²) in [6, 6.07) is 11.4. The van der Waals surface area contributed by atoms with Crippen LogP contribution in [0.5, 0.6) is 0 Å². The van der Waals surface area contributed by atoms with Crippen molar-refractivity contribution in [2.75, 3.05) is 21.1 Å². The van der Waals surface area contributed by atoms with Crippen LogP contribution >= 0.6 is 0 Å². The Kier molecular flexibility index (Phi) is 5.22. The Morgan fingerprint density at radius 1 is 1.30 bits per heavy atom. The zero-order valence-corrected chi connectivity index (χ0v) is 13.5. The highest BCUT2D eigenvalue weighted by Crippen LogP contribution is 2.39. The van der Waals surface area contributed by atoms with E-state index in [1.165, 1.54) is 31.2 Å². The Morgan fingerprint density at radius 3 is 2.55 bits per heavy atom. The monoisotopic (exact) mass is 274 g/mol. The molecule has 0 amide bonds. The molecule has 0 bridgehead atoms. The second-order valence-corrected chi connectivity index (χ2v) is 6.73. The summed E-state index contributed by atoms with van der Waals surface area (Å²) >= 11 is 0. The molecule has 0 aromatic heterocycles. The van der Waals surface area contributed by atoms with Crippen LogP contribution in [0, 0.1) is 5.92 Å². The lowest BCUT2D eigenvalue weighted by Gasteiger charge is -2.50. The van der Waals surface area contributed by atoms with E-state index in [1.54, 1.807) is 0 Å². The van der Waals surface area contributed by atoms with Crippen LogP contribution in [-0.2, 0) is 6.42 Å². The van der Waals surface area contributed by atoms with E-state index < -0.39 is 0 Å². The Bertz CT molecular complexity index is 401. The van der Waals surface area contributed by atoms with Crippen LogP contribution in [0.2, 0.25) is 0 Å². The van der Waals surface area contributed by atoms with Crippen LogP contribution in [0.3, 0.4) is 0 Å². The van der Waals surface area contributed by atoms with Crippen molar-refractivity contribution in [3.8, 4) is 0 Å². The molecular formula is C18H30N2. The third-order valence-electron chi connectivity index (χ3n) is 5.18. The first-order valence-electron chi connectivity index (χ1n) is 7.97. The highest BCUT2D eigenvalue weighted by molar-refractivity contribution is 5.18. The standard InChI is InChI=1S/C18H30N2/c1-15-9-8-12-18(14-15,20(3)4)17(19-2)13-16-10-6-5-7-11-16/h5-7,10-11,15,17,19H,8-9,12-14H2,1-4H3. The normalized spacial score (nSPS) is 28.6. The predicted octanol–water partition coefficient (Wildman–Crippen LogP) is 3.33. The summed E-state index contributed by atoms with van der Waals surface area (Å²) < 4.78 is 0. The van der Waals surface area contributed by atoms with E-state index in [9.17, 15) is 0 Å². The van der Waals surface area contributed by atoms with Crippen LogP contribution in [0.15, 0.2) is 30.3 Å². The first-order chi connectivity index (χ1) is 9.58. The maximum absolute atomic E-state index is 3.62. The predicted molar refractivity (Wildman–Crippen MR) is 87.0 cm³/mol. The molecule has 0 spiro atoms. The van der Waals surface area contributed by atoms with E-state index in [2.05, 4.69) is 68.6 Å². The summed E-state index contributed by atoms with van der Waals surface area (Å²) in [6.45, 7) is 2.41. The molecule has 1 aliphatic rings. The molecule has 1 saturated carbocycles. The van der Waals surface area contributed by atoms with Gasteiger partial charge >= 0.3 is 0 Å². The second kappa shape index (κ2) is 6.73.